The fourth-order valence-corrected chi connectivity index (χ4v) is 1.29. The lowest BCUT2D eigenvalue weighted by molar-refractivity contribution is -0.151. The Morgan fingerprint density at radius 2 is 2.06 bits per heavy atom. The molecule has 0 rings (SSSR count). The Balaban J connectivity index is 3.91. The summed E-state index contributed by atoms with van der Waals surface area (Å²) in [6, 6.07) is 0.118. The first kappa shape index (κ1) is 15.8. The molecule has 0 aromatic carbocycles. The van der Waals surface area contributed by atoms with E-state index in [-0.39, 0.29) is 24.9 Å². The van der Waals surface area contributed by atoms with Crippen molar-refractivity contribution >= 4 is 11.9 Å². The van der Waals surface area contributed by atoms with Crippen LogP contribution in [0.15, 0.2) is 0 Å². The molecule has 0 aliphatic rings. The lowest BCUT2D eigenvalue weighted by atomic mass is 10.3. The van der Waals surface area contributed by atoms with Gasteiger partial charge in [-0.25, -0.2) is 5.84 Å². The minimum Gasteiger partial charge on any atom is -0.356 e. The zero-order valence-electron chi connectivity index (χ0n) is 10.7. The molecule has 0 radical (unpaired) electrons. The number of amides is 1. The Hall–Kier alpha value is -1.18. The van der Waals surface area contributed by atoms with E-state index in [1.54, 1.807) is 0 Å². The van der Waals surface area contributed by atoms with Crippen LogP contribution in [0.2, 0.25) is 0 Å². The highest BCUT2D eigenvalue weighted by atomic mass is 16.7. The van der Waals surface area contributed by atoms with Crippen LogP contribution in [0.5, 0.6) is 0 Å². The number of hydrazine groups is 1. The van der Waals surface area contributed by atoms with Crippen molar-refractivity contribution in [2.24, 2.45) is 5.84 Å². The van der Waals surface area contributed by atoms with Gasteiger partial charge in [0.25, 0.3) is 0 Å². The third-order valence-corrected chi connectivity index (χ3v) is 2.07. The van der Waals surface area contributed by atoms with E-state index in [9.17, 15) is 9.59 Å². The average molecular weight is 246 g/mol. The summed E-state index contributed by atoms with van der Waals surface area (Å²) in [5.74, 6) is 4.34. The van der Waals surface area contributed by atoms with Gasteiger partial charge in [-0.2, -0.15) is 0 Å². The van der Waals surface area contributed by atoms with Gasteiger partial charge in [0.2, 0.25) is 5.91 Å². The zero-order valence-corrected chi connectivity index (χ0v) is 10.7. The summed E-state index contributed by atoms with van der Waals surface area (Å²) in [7, 11) is 0. The fourth-order valence-electron chi connectivity index (χ4n) is 1.29. The summed E-state index contributed by atoms with van der Waals surface area (Å²) in [6.07, 6.45) is 0.187. The molecule has 4 N–H and O–H groups in total. The van der Waals surface area contributed by atoms with Crippen LogP contribution in [-0.2, 0) is 14.4 Å². The molecule has 17 heavy (non-hydrogen) atoms. The monoisotopic (exact) mass is 246 g/mol. The Labute approximate surface area is 102 Å². The van der Waals surface area contributed by atoms with Crippen LogP contribution >= 0.6 is 0 Å². The molecular weight excluding hydrogens is 224 g/mol. The second-order valence-corrected chi connectivity index (χ2v) is 3.93. The smallest absolute Gasteiger partial charge is 0.327 e. The molecule has 0 saturated heterocycles. The second kappa shape index (κ2) is 8.91. The first-order valence-electron chi connectivity index (χ1n) is 5.66. The minimum atomic E-state index is -0.449. The molecule has 0 unspecified atom stereocenters. The topological polar surface area (TPSA) is 96.7 Å². The van der Waals surface area contributed by atoms with Crippen molar-refractivity contribution in [3.8, 4) is 0 Å². The van der Waals surface area contributed by atoms with Crippen LogP contribution in [0.4, 0.5) is 0 Å². The Kier molecular flexibility index (Phi) is 8.29. The van der Waals surface area contributed by atoms with Gasteiger partial charge in [-0.05, 0) is 20.4 Å². The van der Waals surface area contributed by atoms with E-state index in [0.717, 1.165) is 0 Å². The van der Waals surface area contributed by atoms with Crippen molar-refractivity contribution < 1.29 is 14.4 Å². The molecular formula is C10H22N4O3. The van der Waals surface area contributed by atoms with Crippen molar-refractivity contribution in [1.82, 2.24) is 15.8 Å². The van der Waals surface area contributed by atoms with E-state index in [0.29, 0.717) is 13.1 Å². The van der Waals surface area contributed by atoms with Crippen molar-refractivity contribution in [2.45, 2.75) is 33.2 Å². The van der Waals surface area contributed by atoms with Gasteiger partial charge in [-0.1, -0.05) is 12.5 Å². The predicted molar refractivity (Wildman–Crippen MR) is 63.4 cm³/mol. The number of hydrogen-bond donors (Lipinski definition) is 3. The van der Waals surface area contributed by atoms with Gasteiger partial charge in [-0.15, -0.1) is 0 Å². The highest BCUT2D eigenvalue weighted by molar-refractivity contribution is 5.78. The number of nitrogens with two attached hydrogens (primary N) is 1. The molecule has 0 aromatic rings. The highest BCUT2D eigenvalue weighted by Crippen LogP contribution is 1.93. The summed E-state index contributed by atoms with van der Waals surface area (Å²) >= 11 is 0. The van der Waals surface area contributed by atoms with Crippen molar-refractivity contribution in [3.63, 3.8) is 0 Å². The van der Waals surface area contributed by atoms with Crippen molar-refractivity contribution in [3.05, 3.63) is 0 Å². The van der Waals surface area contributed by atoms with Gasteiger partial charge in [-0.3, -0.25) is 14.5 Å². The molecule has 7 nitrogen and oxygen atoms in total. The van der Waals surface area contributed by atoms with Crippen LogP contribution in [0.3, 0.4) is 0 Å². The molecule has 0 atom stereocenters. The maximum Gasteiger partial charge on any atom is 0.327 e. The standard InChI is InChI=1S/C10H22N4O3/c1-4-14(6-5-10(16)17-13-11)7-9(15)12-8(2)3/h8,13H,4-7,11H2,1-3H3,(H,12,15). The molecule has 0 saturated carbocycles. The molecule has 0 aliphatic carbocycles. The number of rotatable bonds is 8. The molecule has 0 fully saturated rings. The minimum absolute atomic E-state index is 0.0489. The van der Waals surface area contributed by atoms with Gasteiger partial charge >= 0.3 is 5.97 Å². The lowest BCUT2D eigenvalue weighted by Crippen LogP contribution is -2.41. The van der Waals surface area contributed by atoms with Gasteiger partial charge in [0.1, 0.15) is 0 Å². The van der Waals surface area contributed by atoms with E-state index in [1.165, 1.54) is 0 Å². The second-order valence-electron chi connectivity index (χ2n) is 3.93. The van der Waals surface area contributed by atoms with E-state index in [1.807, 2.05) is 31.3 Å². The third-order valence-electron chi connectivity index (χ3n) is 2.07. The maximum atomic E-state index is 11.5. The number of carbonyl (C=O) groups is 2. The summed E-state index contributed by atoms with van der Waals surface area (Å²) in [5, 5.41) is 2.79. The molecule has 100 valence electrons. The van der Waals surface area contributed by atoms with Crippen LogP contribution in [0.25, 0.3) is 0 Å². The summed E-state index contributed by atoms with van der Waals surface area (Å²) in [4.78, 5) is 28.8. The molecule has 0 spiro atoms. The normalized spacial score (nSPS) is 10.7. The van der Waals surface area contributed by atoms with Crippen molar-refractivity contribution in [2.75, 3.05) is 19.6 Å². The molecule has 0 bridgehead atoms. The van der Waals surface area contributed by atoms with Crippen LogP contribution < -0.4 is 16.7 Å². The summed E-state index contributed by atoms with van der Waals surface area (Å²) in [5.41, 5.74) is 1.83. The van der Waals surface area contributed by atoms with Crippen molar-refractivity contribution in [1.29, 1.82) is 0 Å². The molecule has 0 aromatic heterocycles. The largest absolute Gasteiger partial charge is 0.356 e. The van der Waals surface area contributed by atoms with E-state index in [4.69, 9.17) is 5.84 Å². The summed E-state index contributed by atoms with van der Waals surface area (Å²) in [6.45, 7) is 7.15. The first-order valence-corrected chi connectivity index (χ1v) is 5.66. The third kappa shape index (κ3) is 8.61. The molecule has 7 heteroatoms. The fraction of sp³-hybridized carbons (Fsp3) is 0.800. The average Bonchev–Trinajstić information content (AvgIpc) is 2.23. The van der Waals surface area contributed by atoms with Crippen LogP contribution in [0.1, 0.15) is 27.2 Å². The maximum absolute atomic E-state index is 11.5. The Morgan fingerprint density at radius 1 is 1.41 bits per heavy atom. The number of nitrogens with one attached hydrogen (secondary N) is 2. The van der Waals surface area contributed by atoms with Gasteiger partial charge < -0.3 is 10.2 Å². The molecule has 1 amide bonds. The van der Waals surface area contributed by atoms with E-state index in [2.05, 4.69) is 10.2 Å². The number of hydrogen-bond acceptors (Lipinski definition) is 6. The zero-order chi connectivity index (χ0) is 13.3. The first-order chi connectivity index (χ1) is 7.99. The van der Waals surface area contributed by atoms with Gasteiger partial charge in [0, 0.05) is 12.6 Å². The molecule has 0 aliphatic heterocycles. The van der Waals surface area contributed by atoms with E-state index < -0.39 is 5.97 Å². The predicted octanol–water partition coefficient (Wildman–Crippen LogP) is -0.855. The van der Waals surface area contributed by atoms with E-state index >= 15 is 0 Å². The lowest BCUT2D eigenvalue weighted by Gasteiger charge is -2.19. The summed E-state index contributed by atoms with van der Waals surface area (Å²) < 4.78 is 0. The SMILES string of the molecule is CCN(CCC(=O)ONN)CC(=O)NC(C)C. The quantitative estimate of drug-likeness (QED) is 0.381. The van der Waals surface area contributed by atoms with Gasteiger partial charge in [0.05, 0.1) is 13.0 Å². The number of nitrogens with zero attached hydrogens (tertiary/aromatic N) is 1. The van der Waals surface area contributed by atoms with Crippen LogP contribution in [-0.4, -0.2) is 42.5 Å². The number of likely N-dealkylation sites (N-methyl/N-ethyl adjacent to an activating group) is 1. The van der Waals surface area contributed by atoms with Crippen LogP contribution in [0, 0.1) is 0 Å². The Morgan fingerprint density at radius 3 is 2.53 bits per heavy atom. The van der Waals surface area contributed by atoms with Gasteiger partial charge in [0.15, 0.2) is 0 Å². The Bertz CT molecular complexity index is 246. The highest BCUT2D eigenvalue weighted by Gasteiger charge is 2.12. The molecule has 0 heterocycles. The number of carbonyl (C=O) groups excluding carboxylic acids is 2.